The Morgan fingerprint density at radius 2 is 1.67 bits per heavy atom. The van der Waals surface area contributed by atoms with E-state index in [0.29, 0.717) is 38.5 Å². The molecule has 2 aliphatic carbocycles. The van der Waals surface area contributed by atoms with E-state index < -0.39 is 12.0 Å². The molecule has 2 saturated carbocycles. The van der Waals surface area contributed by atoms with E-state index in [1.165, 1.54) is 24.8 Å². The number of aliphatic hydroxyl groups is 2. The van der Waals surface area contributed by atoms with Crippen LogP contribution in [0.15, 0.2) is 30.3 Å². The molecule has 1 spiro atoms. The monoisotopic (exact) mass is 457 g/mol. The summed E-state index contributed by atoms with van der Waals surface area (Å²) in [7, 11) is 4.43. The van der Waals surface area contributed by atoms with Crippen LogP contribution in [0.4, 0.5) is 0 Å². The van der Waals surface area contributed by atoms with Gasteiger partial charge in [0, 0.05) is 56.8 Å². The molecule has 2 saturated heterocycles. The number of aliphatic hydroxyl groups excluding tert-OH is 1. The van der Waals surface area contributed by atoms with Gasteiger partial charge in [-0.15, -0.1) is 0 Å². The Labute approximate surface area is 199 Å². The third kappa shape index (κ3) is 4.39. The summed E-state index contributed by atoms with van der Waals surface area (Å²) in [6, 6.07) is 11.0. The van der Waals surface area contributed by atoms with Crippen molar-refractivity contribution in [3.8, 4) is 0 Å². The first-order valence-electron chi connectivity index (χ1n) is 13.1. The molecular weight excluding hydrogens is 414 g/mol. The molecule has 0 amide bonds. The highest BCUT2D eigenvalue weighted by Crippen LogP contribution is 2.50. The summed E-state index contributed by atoms with van der Waals surface area (Å²) in [5.41, 5.74) is 0.692. The van der Waals surface area contributed by atoms with Crippen LogP contribution in [0, 0.1) is 5.92 Å². The molecule has 6 nitrogen and oxygen atoms in total. The topological polar surface area (TPSA) is 59.4 Å². The van der Waals surface area contributed by atoms with Gasteiger partial charge in [0.1, 0.15) is 0 Å². The van der Waals surface area contributed by atoms with Crippen molar-refractivity contribution in [2.75, 3.05) is 46.9 Å². The van der Waals surface area contributed by atoms with E-state index in [1.54, 1.807) is 0 Å². The average Bonchev–Trinajstić information content (AvgIpc) is 3.02. The lowest BCUT2D eigenvalue weighted by atomic mass is 9.68. The maximum Gasteiger partial charge on any atom is 0.166 e. The summed E-state index contributed by atoms with van der Waals surface area (Å²) in [6.45, 7) is 3.60. The van der Waals surface area contributed by atoms with Gasteiger partial charge in [-0.25, -0.2) is 0 Å². The molecule has 0 bridgehead atoms. The predicted molar refractivity (Wildman–Crippen MR) is 130 cm³/mol. The van der Waals surface area contributed by atoms with E-state index in [2.05, 4.69) is 59.1 Å². The summed E-state index contributed by atoms with van der Waals surface area (Å²) in [5.74, 6) is 0.706. The van der Waals surface area contributed by atoms with E-state index in [0.717, 1.165) is 38.8 Å². The second kappa shape index (κ2) is 9.21. The number of nitrogens with zero attached hydrogens (tertiary/aromatic N) is 3. The number of rotatable bonds is 6. The summed E-state index contributed by atoms with van der Waals surface area (Å²) in [5, 5.41) is 22.7. The van der Waals surface area contributed by atoms with Crippen LogP contribution in [-0.2, 0) is 10.3 Å². The largest absolute Gasteiger partial charge is 0.388 e. The van der Waals surface area contributed by atoms with Crippen molar-refractivity contribution in [2.24, 2.45) is 5.92 Å². The number of hydrogen-bond donors (Lipinski definition) is 2. The maximum absolute atomic E-state index is 11.5. The van der Waals surface area contributed by atoms with Gasteiger partial charge in [-0.05, 0) is 64.1 Å². The van der Waals surface area contributed by atoms with Crippen molar-refractivity contribution < 1.29 is 14.9 Å². The normalized spacial score (nSPS) is 35.8. The first kappa shape index (κ1) is 23.7. The maximum atomic E-state index is 11.5. The van der Waals surface area contributed by atoms with Gasteiger partial charge in [-0.3, -0.25) is 14.7 Å². The number of hydrogen-bond acceptors (Lipinski definition) is 6. The second-order valence-corrected chi connectivity index (χ2v) is 11.6. The lowest BCUT2D eigenvalue weighted by Crippen LogP contribution is -2.57. The highest BCUT2D eigenvalue weighted by Gasteiger charge is 2.56. The number of benzene rings is 1. The van der Waals surface area contributed by atoms with Crippen molar-refractivity contribution in [2.45, 2.75) is 80.8 Å². The van der Waals surface area contributed by atoms with Gasteiger partial charge in [0.25, 0.3) is 0 Å². The Morgan fingerprint density at radius 1 is 1.00 bits per heavy atom. The molecule has 1 unspecified atom stereocenters. The predicted octanol–water partition coefficient (Wildman–Crippen LogP) is 2.99. The van der Waals surface area contributed by atoms with Crippen molar-refractivity contribution in [3.05, 3.63) is 35.9 Å². The van der Waals surface area contributed by atoms with Crippen molar-refractivity contribution >= 4 is 0 Å². The Bertz CT molecular complexity index is 783. The Morgan fingerprint density at radius 3 is 2.24 bits per heavy atom. The van der Waals surface area contributed by atoms with Crippen LogP contribution in [0.1, 0.15) is 63.4 Å². The zero-order valence-corrected chi connectivity index (χ0v) is 20.6. The molecule has 184 valence electrons. The van der Waals surface area contributed by atoms with Crippen LogP contribution >= 0.6 is 0 Å². The van der Waals surface area contributed by atoms with Crippen molar-refractivity contribution in [1.29, 1.82) is 0 Å². The molecule has 1 aromatic rings. The fraction of sp³-hybridized carbons (Fsp3) is 0.778. The Hall–Kier alpha value is -1.02. The minimum Gasteiger partial charge on any atom is -0.388 e. The van der Waals surface area contributed by atoms with E-state index in [-0.39, 0.29) is 11.1 Å². The summed E-state index contributed by atoms with van der Waals surface area (Å²) in [6.07, 6.45) is 8.92. The zero-order valence-electron chi connectivity index (χ0n) is 20.6. The van der Waals surface area contributed by atoms with Crippen LogP contribution in [0.5, 0.6) is 0 Å². The first-order valence-corrected chi connectivity index (χ1v) is 13.1. The Balaban J connectivity index is 1.37. The van der Waals surface area contributed by atoms with Crippen LogP contribution < -0.4 is 0 Å². The molecule has 6 heteroatoms. The van der Waals surface area contributed by atoms with E-state index in [4.69, 9.17) is 4.74 Å². The lowest BCUT2D eigenvalue weighted by Gasteiger charge is -2.52. The van der Waals surface area contributed by atoms with Gasteiger partial charge in [0.05, 0.1) is 5.60 Å². The van der Waals surface area contributed by atoms with Gasteiger partial charge in [0.2, 0.25) is 0 Å². The molecule has 33 heavy (non-hydrogen) atoms. The SMILES string of the molecule is CN(C)C1(c2ccccc2)CCC2(CC1)CN(CC1(O)CCOCC1)C(O)N2CC1CCC1. The van der Waals surface area contributed by atoms with Crippen molar-refractivity contribution in [1.82, 2.24) is 14.7 Å². The third-order valence-corrected chi connectivity index (χ3v) is 9.49. The van der Waals surface area contributed by atoms with Crippen LogP contribution in [-0.4, -0.2) is 89.3 Å². The van der Waals surface area contributed by atoms with E-state index in [1.807, 2.05) is 0 Å². The minimum atomic E-state index is -0.751. The van der Waals surface area contributed by atoms with Crippen LogP contribution in [0.25, 0.3) is 0 Å². The van der Waals surface area contributed by atoms with E-state index >= 15 is 0 Å². The van der Waals surface area contributed by atoms with Gasteiger partial charge >= 0.3 is 0 Å². The lowest BCUT2D eigenvalue weighted by molar-refractivity contribution is -0.132. The van der Waals surface area contributed by atoms with Crippen LogP contribution in [0.3, 0.4) is 0 Å². The standard InChI is InChI=1S/C27H43N3O3/c1-28(2)27(23-9-4-3-5-10-23)13-11-25(12-14-27)20-29(21-26(32)15-17-33-18-16-26)24(31)30(25)19-22-7-6-8-22/h3-5,9-10,22,24,31-32H,6-8,11-21H2,1-2H3. The molecule has 1 aromatic carbocycles. The number of β-amino-alcohol motifs (C(OH)–C–C–N with tert-alkyl or cyclic N) is 1. The molecule has 2 heterocycles. The molecule has 4 aliphatic rings. The molecule has 1 atom stereocenters. The molecule has 2 N–H and O–H groups in total. The van der Waals surface area contributed by atoms with Gasteiger partial charge in [-0.2, -0.15) is 0 Å². The third-order valence-electron chi connectivity index (χ3n) is 9.49. The highest BCUT2D eigenvalue weighted by molar-refractivity contribution is 5.26. The van der Waals surface area contributed by atoms with Gasteiger partial charge < -0.3 is 14.9 Å². The van der Waals surface area contributed by atoms with Gasteiger partial charge in [0.15, 0.2) is 6.35 Å². The summed E-state index contributed by atoms with van der Waals surface area (Å²) >= 11 is 0. The molecule has 0 aromatic heterocycles. The minimum absolute atomic E-state index is 0.00910. The fourth-order valence-corrected chi connectivity index (χ4v) is 6.98. The van der Waals surface area contributed by atoms with Crippen molar-refractivity contribution in [3.63, 3.8) is 0 Å². The molecular formula is C27H43N3O3. The van der Waals surface area contributed by atoms with Crippen LogP contribution in [0.2, 0.25) is 0 Å². The molecule has 2 aliphatic heterocycles. The Kier molecular flexibility index (Phi) is 6.62. The number of ether oxygens (including phenoxy) is 1. The smallest absolute Gasteiger partial charge is 0.166 e. The highest BCUT2D eigenvalue weighted by atomic mass is 16.5. The fourth-order valence-electron chi connectivity index (χ4n) is 6.98. The summed E-state index contributed by atoms with van der Waals surface area (Å²) in [4.78, 5) is 7.03. The first-order chi connectivity index (χ1) is 15.9. The zero-order chi connectivity index (χ0) is 23.1. The average molecular weight is 458 g/mol. The van der Waals surface area contributed by atoms with Gasteiger partial charge in [-0.1, -0.05) is 36.8 Å². The molecule has 4 fully saturated rings. The quantitative estimate of drug-likeness (QED) is 0.685. The van der Waals surface area contributed by atoms with E-state index in [9.17, 15) is 10.2 Å². The molecule has 5 rings (SSSR count). The molecule has 0 radical (unpaired) electrons. The summed E-state index contributed by atoms with van der Waals surface area (Å²) < 4.78 is 5.49. The second-order valence-electron chi connectivity index (χ2n) is 11.6.